The van der Waals surface area contributed by atoms with Crippen LogP contribution in [0.15, 0.2) is 42.0 Å². The van der Waals surface area contributed by atoms with E-state index in [1.165, 1.54) is 30.3 Å². The molecule has 2 aliphatic heterocycles. The molecule has 4 rings (SSSR count). The fourth-order valence-corrected chi connectivity index (χ4v) is 5.17. The lowest BCUT2D eigenvalue weighted by atomic mass is 9.79. The number of para-hydroxylation sites is 1. The zero-order valence-corrected chi connectivity index (χ0v) is 19.7. The average Bonchev–Trinajstić information content (AvgIpc) is 2.72. The maximum absolute atomic E-state index is 15.2. The van der Waals surface area contributed by atoms with Gasteiger partial charge in [-0.1, -0.05) is 19.1 Å². The molecule has 0 aliphatic carbocycles. The molecule has 1 N–H and O–H groups in total. The van der Waals surface area contributed by atoms with E-state index in [1.807, 2.05) is 6.92 Å². The van der Waals surface area contributed by atoms with Crippen molar-refractivity contribution >= 4 is 46.6 Å². The fourth-order valence-electron chi connectivity index (χ4n) is 4.89. The summed E-state index contributed by atoms with van der Waals surface area (Å²) in [5.41, 5.74) is 1.36. The molecule has 1 fully saturated rings. The Labute approximate surface area is 197 Å². The van der Waals surface area contributed by atoms with E-state index in [4.69, 9.17) is 12.2 Å². The van der Waals surface area contributed by atoms with Crippen LogP contribution in [0.25, 0.3) is 6.08 Å². The Hall–Kier alpha value is -3.13. The zero-order chi connectivity index (χ0) is 24.1. The van der Waals surface area contributed by atoms with Crippen LogP contribution in [0.2, 0.25) is 0 Å². The summed E-state index contributed by atoms with van der Waals surface area (Å²) in [7, 11) is 0. The van der Waals surface area contributed by atoms with Gasteiger partial charge in [0.25, 0.3) is 11.8 Å². The molecule has 2 heterocycles. The van der Waals surface area contributed by atoms with Crippen molar-refractivity contribution in [1.29, 1.82) is 0 Å². The molecule has 33 heavy (non-hydrogen) atoms. The highest BCUT2D eigenvalue weighted by Gasteiger charge is 2.38. The van der Waals surface area contributed by atoms with Crippen molar-refractivity contribution < 1.29 is 18.4 Å². The minimum absolute atomic E-state index is 0.0845. The summed E-state index contributed by atoms with van der Waals surface area (Å²) >= 11 is 5.11. The molecule has 0 spiro atoms. The minimum atomic E-state index is -0.810. The molecular formula is C25H25F2N3O2S. The van der Waals surface area contributed by atoms with Crippen molar-refractivity contribution in [2.75, 3.05) is 16.3 Å². The summed E-state index contributed by atoms with van der Waals surface area (Å²) in [4.78, 5) is 28.8. The third kappa shape index (κ3) is 3.93. The number of hydrogen-bond acceptors (Lipinski definition) is 4. The van der Waals surface area contributed by atoms with Crippen molar-refractivity contribution in [3.8, 4) is 0 Å². The first-order valence-electron chi connectivity index (χ1n) is 10.8. The molecule has 172 valence electrons. The molecule has 0 aromatic heterocycles. The van der Waals surface area contributed by atoms with Crippen molar-refractivity contribution in [3.05, 3.63) is 64.7 Å². The molecule has 1 saturated heterocycles. The lowest BCUT2D eigenvalue weighted by molar-refractivity contribution is -0.122. The standard InChI is InChI=1S/C25H25F2N3O2S/c1-5-29-21-12-19(27)15(10-16(21)14(2)13-25(29,3)4)11-17-22(31)28-24(33)30(23(17)32)20-9-7-6-8-18(20)26/h6-12,14H,5,13H2,1-4H3,(H,28,31,33)/b17-11-. The number of rotatable bonds is 3. The minimum Gasteiger partial charge on any atom is -0.366 e. The highest BCUT2D eigenvalue weighted by atomic mass is 32.1. The molecule has 0 radical (unpaired) electrons. The van der Waals surface area contributed by atoms with Crippen molar-refractivity contribution in [1.82, 2.24) is 5.32 Å². The van der Waals surface area contributed by atoms with Crippen LogP contribution in [0.4, 0.5) is 20.2 Å². The molecule has 1 atom stereocenters. The summed E-state index contributed by atoms with van der Waals surface area (Å²) in [6.07, 6.45) is 2.09. The predicted molar refractivity (Wildman–Crippen MR) is 129 cm³/mol. The van der Waals surface area contributed by atoms with Crippen LogP contribution < -0.4 is 15.1 Å². The number of hydrogen-bond donors (Lipinski definition) is 1. The van der Waals surface area contributed by atoms with Gasteiger partial charge < -0.3 is 4.90 Å². The second-order valence-electron chi connectivity index (χ2n) is 9.00. The van der Waals surface area contributed by atoms with E-state index < -0.39 is 23.4 Å². The Morgan fingerprint density at radius 3 is 2.52 bits per heavy atom. The third-order valence-electron chi connectivity index (χ3n) is 6.32. The monoisotopic (exact) mass is 469 g/mol. The van der Waals surface area contributed by atoms with Gasteiger partial charge in [-0.3, -0.25) is 14.9 Å². The van der Waals surface area contributed by atoms with E-state index in [1.54, 1.807) is 12.1 Å². The van der Waals surface area contributed by atoms with Crippen LogP contribution >= 0.6 is 12.2 Å². The smallest absolute Gasteiger partial charge is 0.270 e. The van der Waals surface area contributed by atoms with Gasteiger partial charge >= 0.3 is 0 Å². The van der Waals surface area contributed by atoms with E-state index in [-0.39, 0.29) is 33.4 Å². The molecular weight excluding hydrogens is 444 g/mol. The second-order valence-corrected chi connectivity index (χ2v) is 9.39. The Balaban J connectivity index is 1.79. The summed E-state index contributed by atoms with van der Waals surface area (Å²) in [6.45, 7) is 9.10. The molecule has 8 heteroatoms. The van der Waals surface area contributed by atoms with E-state index in [9.17, 15) is 14.0 Å². The van der Waals surface area contributed by atoms with E-state index in [0.29, 0.717) is 0 Å². The highest BCUT2D eigenvalue weighted by Crippen LogP contribution is 2.44. The van der Waals surface area contributed by atoms with Gasteiger partial charge in [0.15, 0.2) is 5.11 Å². The second kappa shape index (κ2) is 8.33. The largest absolute Gasteiger partial charge is 0.366 e. The summed E-state index contributed by atoms with van der Waals surface area (Å²) in [6, 6.07) is 8.78. The Morgan fingerprint density at radius 1 is 1.15 bits per heavy atom. The van der Waals surface area contributed by atoms with Crippen LogP contribution in [0, 0.1) is 11.6 Å². The number of amides is 2. The van der Waals surface area contributed by atoms with Gasteiger partial charge in [0.1, 0.15) is 17.2 Å². The van der Waals surface area contributed by atoms with Gasteiger partial charge in [-0.15, -0.1) is 0 Å². The molecule has 0 saturated carbocycles. The predicted octanol–water partition coefficient (Wildman–Crippen LogP) is 4.91. The van der Waals surface area contributed by atoms with Crippen LogP contribution in [0.1, 0.15) is 51.2 Å². The molecule has 2 aromatic rings. The first kappa shape index (κ1) is 23.0. The fraction of sp³-hybridized carbons (Fsp3) is 0.320. The quantitative estimate of drug-likeness (QED) is 0.394. The van der Waals surface area contributed by atoms with Crippen molar-refractivity contribution in [3.63, 3.8) is 0 Å². The van der Waals surface area contributed by atoms with Crippen LogP contribution in [-0.2, 0) is 9.59 Å². The number of nitrogens with one attached hydrogen (secondary N) is 1. The summed E-state index contributed by atoms with van der Waals surface area (Å²) in [5.74, 6) is -2.61. The topological polar surface area (TPSA) is 52.7 Å². The number of carbonyl (C=O) groups excluding carboxylic acids is 2. The van der Waals surface area contributed by atoms with Crippen molar-refractivity contribution in [2.24, 2.45) is 0 Å². The maximum atomic E-state index is 15.2. The normalized spacial score (nSPS) is 21.3. The van der Waals surface area contributed by atoms with Crippen LogP contribution in [0.3, 0.4) is 0 Å². The van der Waals surface area contributed by atoms with Gasteiger partial charge in [-0.2, -0.15) is 0 Å². The zero-order valence-electron chi connectivity index (χ0n) is 18.9. The van der Waals surface area contributed by atoms with Gasteiger partial charge in [0, 0.05) is 23.3 Å². The first-order valence-corrected chi connectivity index (χ1v) is 11.2. The molecule has 5 nitrogen and oxygen atoms in total. The average molecular weight is 470 g/mol. The van der Waals surface area contributed by atoms with Gasteiger partial charge in [-0.05, 0) is 81.2 Å². The maximum Gasteiger partial charge on any atom is 0.270 e. The molecule has 2 aromatic carbocycles. The first-order chi connectivity index (χ1) is 15.5. The number of anilines is 2. The van der Waals surface area contributed by atoms with Crippen molar-refractivity contribution in [2.45, 2.75) is 45.6 Å². The molecule has 0 bridgehead atoms. The van der Waals surface area contributed by atoms with E-state index in [2.05, 4.69) is 31.0 Å². The Bertz CT molecular complexity index is 1210. The molecule has 1 unspecified atom stereocenters. The Kier molecular flexibility index (Phi) is 5.82. The number of carbonyl (C=O) groups is 2. The number of halogens is 2. The van der Waals surface area contributed by atoms with Crippen LogP contribution in [-0.4, -0.2) is 29.0 Å². The SMILES string of the molecule is CCN1c2cc(F)c(/C=C3/C(=O)NC(=S)N(c4ccccc4F)C3=O)cc2C(C)CC1(C)C. The number of fused-ring (bicyclic) bond motifs is 1. The summed E-state index contributed by atoms with van der Waals surface area (Å²) < 4.78 is 29.6. The van der Waals surface area contributed by atoms with E-state index >= 15 is 4.39 Å². The molecule has 2 aliphatic rings. The van der Waals surface area contributed by atoms with Gasteiger partial charge in [0.2, 0.25) is 0 Å². The lowest BCUT2D eigenvalue weighted by Crippen LogP contribution is -2.54. The Morgan fingerprint density at radius 2 is 1.85 bits per heavy atom. The lowest BCUT2D eigenvalue weighted by Gasteiger charge is -2.47. The van der Waals surface area contributed by atoms with Gasteiger partial charge in [-0.25, -0.2) is 13.7 Å². The van der Waals surface area contributed by atoms with Gasteiger partial charge in [0.05, 0.1) is 5.69 Å². The molecule has 2 amide bonds. The number of benzene rings is 2. The number of thiocarbonyl (C=S) groups is 1. The van der Waals surface area contributed by atoms with E-state index in [0.717, 1.165) is 29.1 Å². The third-order valence-corrected chi connectivity index (χ3v) is 6.60. The highest BCUT2D eigenvalue weighted by molar-refractivity contribution is 7.80. The summed E-state index contributed by atoms with van der Waals surface area (Å²) in [5, 5.41) is 2.18. The number of nitrogens with zero attached hydrogens (tertiary/aromatic N) is 2. The van der Waals surface area contributed by atoms with Crippen LogP contribution in [0.5, 0.6) is 0 Å².